The van der Waals surface area contributed by atoms with E-state index in [2.05, 4.69) is 10.3 Å². The zero-order chi connectivity index (χ0) is 16.7. The maximum Gasteiger partial charge on any atom is 0.226 e. The van der Waals surface area contributed by atoms with Crippen LogP contribution in [-0.2, 0) is 4.79 Å². The van der Waals surface area contributed by atoms with Gasteiger partial charge in [0, 0.05) is 17.7 Å². The molecule has 0 saturated carbocycles. The summed E-state index contributed by atoms with van der Waals surface area (Å²) in [5, 5.41) is 2.93. The fraction of sp³-hybridized carbons (Fsp3) is 0.444. The maximum absolute atomic E-state index is 12.0. The lowest BCUT2D eigenvalue weighted by molar-refractivity contribution is -0.116. The van der Waals surface area contributed by atoms with Crippen molar-refractivity contribution in [3.05, 3.63) is 35.7 Å². The number of benzene rings is 1. The van der Waals surface area contributed by atoms with E-state index in [1.165, 1.54) is 0 Å². The minimum Gasteiger partial charge on any atom is -0.441 e. The first-order valence-electron chi connectivity index (χ1n) is 8.14. The monoisotopic (exact) mass is 315 g/mol. The Kier molecular flexibility index (Phi) is 6.35. The van der Waals surface area contributed by atoms with Crippen LogP contribution in [0.15, 0.2) is 28.7 Å². The van der Waals surface area contributed by atoms with Crippen LogP contribution in [0.2, 0.25) is 0 Å². The van der Waals surface area contributed by atoms with Crippen molar-refractivity contribution in [3.63, 3.8) is 0 Å². The molecule has 1 aromatic heterocycles. The number of anilines is 1. The third-order valence-corrected chi connectivity index (χ3v) is 3.78. The van der Waals surface area contributed by atoms with Crippen molar-refractivity contribution >= 4 is 11.6 Å². The Morgan fingerprint density at radius 3 is 2.70 bits per heavy atom. The SMILES string of the molecule is Cc1nc(-c2cccc(NC(=O)CCCCCCN)c2)oc1C. The van der Waals surface area contributed by atoms with E-state index >= 15 is 0 Å². The molecule has 124 valence electrons. The molecule has 5 heteroatoms. The van der Waals surface area contributed by atoms with Crippen LogP contribution in [-0.4, -0.2) is 17.4 Å². The number of unbranched alkanes of at least 4 members (excludes halogenated alkanes) is 3. The molecular formula is C18H25N3O2. The van der Waals surface area contributed by atoms with Gasteiger partial charge in [0.15, 0.2) is 0 Å². The highest BCUT2D eigenvalue weighted by atomic mass is 16.4. The molecule has 0 atom stereocenters. The molecule has 0 radical (unpaired) electrons. The van der Waals surface area contributed by atoms with Gasteiger partial charge in [0.25, 0.3) is 0 Å². The number of carbonyl (C=O) groups is 1. The number of nitrogens with zero attached hydrogens (tertiary/aromatic N) is 1. The third-order valence-electron chi connectivity index (χ3n) is 3.78. The highest BCUT2D eigenvalue weighted by Gasteiger charge is 2.09. The molecule has 0 spiro atoms. The van der Waals surface area contributed by atoms with E-state index in [9.17, 15) is 4.79 Å². The zero-order valence-electron chi connectivity index (χ0n) is 13.9. The van der Waals surface area contributed by atoms with Gasteiger partial charge >= 0.3 is 0 Å². The number of carbonyl (C=O) groups excluding carboxylic acids is 1. The summed E-state index contributed by atoms with van der Waals surface area (Å²) in [6.45, 7) is 4.53. The zero-order valence-corrected chi connectivity index (χ0v) is 13.9. The van der Waals surface area contributed by atoms with Gasteiger partial charge in [-0.1, -0.05) is 18.9 Å². The van der Waals surface area contributed by atoms with Crippen LogP contribution < -0.4 is 11.1 Å². The van der Waals surface area contributed by atoms with Crippen LogP contribution in [0, 0.1) is 13.8 Å². The van der Waals surface area contributed by atoms with Gasteiger partial charge in [-0.3, -0.25) is 4.79 Å². The van der Waals surface area contributed by atoms with E-state index in [0.29, 0.717) is 12.3 Å². The predicted octanol–water partition coefficient (Wildman–Crippen LogP) is 3.81. The summed E-state index contributed by atoms with van der Waals surface area (Å²) < 4.78 is 5.63. The lowest BCUT2D eigenvalue weighted by Gasteiger charge is -2.06. The molecule has 23 heavy (non-hydrogen) atoms. The summed E-state index contributed by atoms with van der Waals surface area (Å²) >= 11 is 0. The van der Waals surface area contributed by atoms with Crippen molar-refractivity contribution in [2.24, 2.45) is 5.73 Å². The molecule has 0 bridgehead atoms. The van der Waals surface area contributed by atoms with Crippen molar-refractivity contribution in [2.45, 2.75) is 46.0 Å². The average molecular weight is 315 g/mol. The Hall–Kier alpha value is -2.14. The molecule has 0 aliphatic heterocycles. The second-order valence-corrected chi connectivity index (χ2v) is 5.74. The fourth-order valence-corrected chi connectivity index (χ4v) is 2.33. The Morgan fingerprint density at radius 2 is 2.00 bits per heavy atom. The fourth-order valence-electron chi connectivity index (χ4n) is 2.33. The number of aryl methyl sites for hydroxylation is 2. The van der Waals surface area contributed by atoms with E-state index in [0.717, 1.165) is 54.9 Å². The van der Waals surface area contributed by atoms with Crippen LogP contribution >= 0.6 is 0 Å². The van der Waals surface area contributed by atoms with Gasteiger partial charge in [-0.2, -0.15) is 0 Å². The minimum atomic E-state index is 0.0367. The molecule has 0 unspecified atom stereocenters. The van der Waals surface area contributed by atoms with Crippen molar-refractivity contribution in [2.75, 3.05) is 11.9 Å². The molecule has 0 saturated heterocycles. The van der Waals surface area contributed by atoms with Crippen molar-refractivity contribution in [1.29, 1.82) is 0 Å². The topological polar surface area (TPSA) is 81.2 Å². The van der Waals surface area contributed by atoms with Crippen LogP contribution in [0.25, 0.3) is 11.5 Å². The quantitative estimate of drug-likeness (QED) is 0.726. The van der Waals surface area contributed by atoms with Gasteiger partial charge in [0.05, 0.1) is 5.69 Å². The van der Waals surface area contributed by atoms with E-state index < -0.39 is 0 Å². The lowest BCUT2D eigenvalue weighted by atomic mass is 10.1. The molecule has 2 rings (SSSR count). The molecule has 3 N–H and O–H groups in total. The highest BCUT2D eigenvalue weighted by Crippen LogP contribution is 2.24. The van der Waals surface area contributed by atoms with Crippen LogP contribution in [0.4, 0.5) is 5.69 Å². The van der Waals surface area contributed by atoms with E-state index in [4.69, 9.17) is 10.2 Å². The first-order chi connectivity index (χ1) is 11.1. The first kappa shape index (κ1) is 17.2. The number of nitrogens with two attached hydrogens (primary N) is 1. The van der Waals surface area contributed by atoms with Crippen molar-refractivity contribution < 1.29 is 9.21 Å². The molecule has 0 aliphatic carbocycles. The van der Waals surface area contributed by atoms with Crippen LogP contribution in [0.3, 0.4) is 0 Å². The highest BCUT2D eigenvalue weighted by molar-refractivity contribution is 5.91. The molecular weight excluding hydrogens is 290 g/mol. The van der Waals surface area contributed by atoms with Crippen LogP contribution in [0.1, 0.15) is 43.6 Å². The number of aromatic nitrogens is 1. The minimum absolute atomic E-state index is 0.0367. The van der Waals surface area contributed by atoms with Gasteiger partial charge in [-0.05, 0) is 51.4 Å². The smallest absolute Gasteiger partial charge is 0.226 e. The molecule has 2 aromatic rings. The second-order valence-electron chi connectivity index (χ2n) is 5.74. The van der Waals surface area contributed by atoms with Gasteiger partial charge < -0.3 is 15.5 Å². The Labute approximate surface area is 137 Å². The summed E-state index contributed by atoms with van der Waals surface area (Å²) in [5.41, 5.74) is 7.96. The Bertz CT molecular complexity index is 630. The normalized spacial score (nSPS) is 10.7. The summed E-state index contributed by atoms with van der Waals surface area (Å²) in [7, 11) is 0. The Balaban J connectivity index is 1.91. The maximum atomic E-state index is 12.0. The average Bonchev–Trinajstić information content (AvgIpc) is 2.87. The number of hydrogen-bond acceptors (Lipinski definition) is 4. The number of hydrogen-bond donors (Lipinski definition) is 2. The van der Waals surface area contributed by atoms with E-state index in [1.807, 2.05) is 38.1 Å². The number of oxazole rings is 1. The van der Waals surface area contributed by atoms with Gasteiger partial charge in [-0.15, -0.1) is 0 Å². The van der Waals surface area contributed by atoms with Crippen molar-refractivity contribution in [1.82, 2.24) is 4.98 Å². The molecule has 1 heterocycles. The summed E-state index contributed by atoms with van der Waals surface area (Å²) in [4.78, 5) is 16.4. The Morgan fingerprint density at radius 1 is 1.22 bits per heavy atom. The second kappa shape index (κ2) is 8.48. The predicted molar refractivity (Wildman–Crippen MR) is 92.2 cm³/mol. The standard InChI is InChI=1S/C18H25N3O2/c1-13-14(2)23-18(20-13)15-8-7-9-16(12-15)21-17(22)10-5-3-4-6-11-19/h7-9,12H,3-6,10-11,19H2,1-2H3,(H,21,22). The number of rotatable bonds is 8. The molecule has 0 aliphatic rings. The van der Waals surface area contributed by atoms with E-state index in [-0.39, 0.29) is 5.91 Å². The van der Waals surface area contributed by atoms with Crippen molar-refractivity contribution in [3.8, 4) is 11.5 Å². The summed E-state index contributed by atoms with van der Waals surface area (Å²) in [6, 6.07) is 7.57. The van der Waals surface area contributed by atoms with Gasteiger partial charge in [0.1, 0.15) is 5.76 Å². The first-order valence-corrected chi connectivity index (χ1v) is 8.14. The molecule has 1 aromatic carbocycles. The van der Waals surface area contributed by atoms with Crippen LogP contribution in [0.5, 0.6) is 0 Å². The molecule has 0 fully saturated rings. The van der Waals surface area contributed by atoms with Gasteiger partial charge in [0.2, 0.25) is 11.8 Å². The van der Waals surface area contributed by atoms with Gasteiger partial charge in [-0.25, -0.2) is 4.98 Å². The molecule has 1 amide bonds. The molecule has 5 nitrogen and oxygen atoms in total. The summed E-state index contributed by atoms with van der Waals surface area (Å²) in [5.74, 6) is 1.43. The summed E-state index contributed by atoms with van der Waals surface area (Å²) in [6.07, 6.45) is 4.58. The third kappa shape index (κ3) is 5.21. The van der Waals surface area contributed by atoms with E-state index in [1.54, 1.807) is 0 Å². The number of amides is 1. The number of nitrogens with one attached hydrogen (secondary N) is 1. The largest absolute Gasteiger partial charge is 0.441 e. The lowest BCUT2D eigenvalue weighted by Crippen LogP contribution is -2.11.